The summed E-state index contributed by atoms with van der Waals surface area (Å²) in [5.41, 5.74) is 3.05. The highest BCUT2D eigenvalue weighted by molar-refractivity contribution is 5.75. The highest BCUT2D eigenvalue weighted by Crippen LogP contribution is 2.26. The zero-order valence-corrected chi connectivity index (χ0v) is 15.0. The van der Waals surface area contributed by atoms with Gasteiger partial charge in [-0.1, -0.05) is 24.3 Å². The van der Waals surface area contributed by atoms with Crippen LogP contribution in [0.25, 0.3) is 11.0 Å². The van der Waals surface area contributed by atoms with Gasteiger partial charge in [-0.15, -0.1) is 0 Å². The molecule has 5 heteroatoms. The van der Waals surface area contributed by atoms with Crippen molar-refractivity contribution in [2.75, 3.05) is 13.1 Å². The molecule has 0 amide bonds. The summed E-state index contributed by atoms with van der Waals surface area (Å²) in [6, 6.07) is 15.3. The van der Waals surface area contributed by atoms with Gasteiger partial charge in [-0.3, -0.25) is 4.57 Å². The average molecular weight is 353 g/mol. The Morgan fingerprint density at radius 3 is 2.54 bits per heavy atom. The molecule has 2 aromatic carbocycles. The summed E-state index contributed by atoms with van der Waals surface area (Å²) in [7, 11) is 0. The van der Waals surface area contributed by atoms with Crippen molar-refractivity contribution in [3.05, 3.63) is 70.4 Å². The van der Waals surface area contributed by atoms with Gasteiger partial charge in [-0.2, -0.15) is 0 Å². The molecule has 1 aliphatic heterocycles. The zero-order valence-electron chi connectivity index (χ0n) is 15.0. The molecule has 1 saturated heterocycles. The molecule has 0 radical (unpaired) electrons. The summed E-state index contributed by atoms with van der Waals surface area (Å²) in [4.78, 5) is 17.8. The third kappa shape index (κ3) is 3.31. The average Bonchev–Trinajstić information content (AvgIpc) is 2.99. The summed E-state index contributed by atoms with van der Waals surface area (Å²) in [5, 5.41) is 0. The van der Waals surface area contributed by atoms with Crippen LogP contribution in [0.4, 0.5) is 4.39 Å². The van der Waals surface area contributed by atoms with Gasteiger partial charge in [0, 0.05) is 25.2 Å². The summed E-state index contributed by atoms with van der Waals surface area (Å²) in [6.45, 7) is 4.17. The predicted molar refractivity (Wildman–Crippen MR) is 102 cm³/mol. The Balaban J connectivity index is 1.42. The molecule has 1 aliphatic rings. The fourth-order valence-corrected chi connectivity index (χ4v) is 4.11. The van der Waals surface area contributed by atoms with Gasteiger partial charge in [-0.05, 0) is 56.0 Å². The maximum atomic E-state index is 13.1. The van der Waals surface area contributed by atoms with Crippen LogP contribution < -0.4 is 5.69 Å². The molecule has 0 spiro atoms. The molecular formula is C21H24FN3O. The van der Waals surface area contributed by atoms with E-state index in [1.807, 2.05) is 41.0 Å². The highest BCUT2D eigenvalue weighted by Gasteiger charge is 2.25. The number of benzene rings is 2. The molecule has 0 saturated carbocycles. The van der Waals surface area contributed by atoms with Crippen LogP contribution >= 0.6 is 0 Å². The number of halogens is 1. The number of H-pyrrole nitrogens is 1. The minimum atomic E-state index is -0.189. The van der Waals surface area contributed by atoms with E-state index in [1.165, 1.54) is 12.1 Å². The highest BCUT2D eigenvalue weighted by atomic mass is 19.1. The largest absolute Gasteiger partial charge is 0.326 e. The Morgan fingerprint density at radius 1 is 1.12 bits per heavy atom. The van der Waals surface area contributed by atoms with Crippen LogP contribution in [0, 0.1) is 5.82 Å². The van der Waals surface area contributed by atoms with Crippen molar-refractivity contribution in [1.29, 1.82) is 0 Å². The van der Waals surface area contributed by atoms with Gasteiger partial charge >= 0.3 is 5.69 Å². The van der Waals surface area contributed by atoms with Gasteiger partial charge in [0.2, 0.25) is 0 Å². The number of fused-ring (bicyclic) bond motifs is 1. The zero-order chi connectivity index (χ0) is 18.1. The topological polar surface area (TPSA) is 41.0 Å². The van der Waals surface area contributed by atoms with E-state index in [1.54, 1.807) is 0 Å². The lowest BCUT2D eigenvalue weighted by atomic mass is 10.00. The SMILES string of the molecule is CC(Cc1ccc(F)cc1)N1CCC(n2c(=O)[nH]c3ccccc32)CC1. The number of likely N-dealkylation sites (tertiary alicyclic amines) is 1. The minimum absolute atomic E-state index is 0.0102. The Labute approximate surface area is 152 Å². The van der Waals surface area contributed by atoms with Crippen LogP contribution in [-0.2, 0) is 6.42 Å². The number of para-hydroxylation sites is 2. The van der Waals surface area contributed by atoms with E-state index in [0.717, 1.165) is 48.9 Å². The van der Waals surface area contributed by atoms with Crippen LogP contribution in [0.2, 0.25) is 0 Å². The van der Waals surface area contributed by atoms with Crippen LogP contribution in [0.1, 0.15) is 31.4 Å². The van der Waals surface area contributed by atoms with E-state index in [2.05, 4.69) is 16.8 Å². The molecule has 0 aliphatic carbocycles. The Morgan fingerprint density at radius 2 is 1.81 bits per heavy atom. The lowest BCUT2D eigenvalue weighted by Crippen LogP contribution is -2.42. The van der Waals surface area contributed by atoms with Crippen LogP contribution in [0.5, 0.6) is 0 Å². The number of aromatic nitrogens is 2. The summed E-state index contributed by atoms with van der Waals surface area (Å²) in [5.74, 6) is -0.189. The van der Waals surface area contributed by atoms with Gasteiger partial charge < -0.3 is 9.88 Å². The van der Waals surface area contributed by atoms with E-state index in [0.29, 0.717) is 6.04 Å². The molecule has 1 N–H and O–H groups in total. The lowest BCUT2D eigenvalue weighted by molar-refractivity contribution is 0.143. The molecule has 1 atom stereocenters. The summed E-state index contributed by atoms with van der Waals surface area (Å²) < 4.78 is 15.0. The van der Waals surface area contributed by atoms with Crippen LogP contribution in [0.15, 0.2) is 53.3 Å². The van der Waals surface area contributed by atoms with Gasteiger partial charge in [0.1, 0.15) is 5.82 Å². The van der Waals surface area contributed by atoms with Crippen molar-refractivity contribution >= 4 is 11.0 Å². The fraction of sp³-hybridized carbons (Fsp3) is 0.381. The molecule has 1 unspecified atom stereocenters. The molecule has 3 aromatic rings. The minimum Gasteiger partial charge on any atom is -0.306 e. The second kappa shape index (κ2) is 7.08. The van der Waals surface area contributed by atoms with Crippen LogP contribution in [-0.4, -0.2) is 33.6 Å². The second-order valence-corrected chi connectivity index (χ2v) is 7.26. The van der Waals surface area contributed by atoms with Crippen LogP contribution in [0.3, 0.4) is 0 Å². The quantitative estimate of drug-likeness (QED) is 0.776. The van der Waals surface area contributed by atoms with E-state index in [9.17, 15) is 9.18 Å². The van der Waals surface area contributed by atoms with Crippen molar-refractivity contribution in [2.45, 2.75) is 38.3 Å². The Bertz CT molecular complexity index is 936. The van der Waals surface area contributed by atoms with Gasteiger partial charge in [0.05, 0.1) is 11.0 Å². The number of aromatic amines is 1. The third-order valence-electron chi connectivity index (χ3n) is 5.56. The molecule has 1 fully saturated rings. The van der Waals surface area contributed by atoms with Crippen molar-refractivity contribution in [3.63, 3.8) is 0 Å². The molecule has 1 aromatic heterocycles. The first-order chi connectivity index (χ1) is 12.6. The van der Waals surface area contributed by atoms with E-state index < -0.39 is 0 Å². The monoisotopic (exact) mass is 353 g/mol. The summed E-state index contributed by atoms with van der Waals surface area (Å²) in [6.07, 6.45) is 2.85. The third-order valence-corrected chi connectivity index (χ3v) is 5.56. The smallest absolute Gasteiger partial charge is 0.306 e. The van der Waals surface area contributed by atoms with Gasteiger partial charge in [0.25, 0.3) is 0 Å². The molecule has 4 nitrogen and oxygen atoms in total. The van der Waals surface area contributed by atoms with Crippen molar-refractivity contribution in [3.8, 4) is 0 Å². The normalized spacial score (nSPS) is 17.6. The maximum absolute atomic E-state index is 13.1. The lowest BCUT2D eigenvalue weighted by Gasteiger charge is -2.36. The van der Waals surface area contributed by atoms with E-state index in [4.69, 9.17) is 0 Å². The van der Waals surface area contributed by atoms with E-state index in [-0.39, 0.29) is 17.5 Å². The fourth-order valence-electron chi connectivity index (χ4n) is 4.11. The maximum Gasteiger partial charge on any atom is 0.326 e. The first-order valence-electron chi connectivity index (χ1n) is 9.29. The number of hydrogen-bond donors (Lipinski definition) is 1. The number of nitrogens with one attached hydrogen (secondary N) is 1. The van der Waals surface area contributed by atoms with Crippen molar-refractivity contribution in [1.82, 2.24) is 14.5 Å². The number of piperidine rings is 1. The van der Waals surface area contributed by atoms with E-state index >= 15 is 0 Å². The standard InChI is InChI=1S/C21H24FN3O/c1-15(14-16-6-8-17(22)9-7-16)24-12-10-18(11-13-24)25-20-5-3-2-4-19(20)23-21(25)26/h2-9,15,18H,10-14H2,1H3,(H,23,26). The number of hydrogen-bond acceptors (Lipinski definition) is 2. The number of nitrogens with zero attached hydrogens (tertiary/aromatic N) is 2. The molecular weight excluding hydrogens is 329 g/mol. The molecule has 4 rings (SSSR count). The predicted octanol–water partition coefficient (Wildman–Crippen LogP) is 3.74. The molecule has 26 heavy (non-hydrogen) atoms. The van der Waals surface area contributed by atoms with Crippen molar-refractivity contribution < 1.29 is 4.39 Å². The number of imidazole rings is 1. The molecule has 0 bridgehead atoms. The first kappa shape index (κ1) is 17.0. The first-order valence-corrected chi connectivity index (χ1v) is 9.29. The molecule has 136 valence electrons. The van der Waals surface area contributed by atoms with Crippen molar-refractivity contribution in [2.24, 2.45) is 0 Å². The molecule has 2 heterocycles. The second-order valence-electron chi connectivity index (χ2n) is 7.26. The Kier molecular flexibility index (Phi) is 4.64. The summed E-state index contributed by atoms with van der Waals surface area (Å²) >= 11 is 0. The Hall–Kier alpha value is -2.40. The number of rotatable bonds is 4. The van der Waals surface area contributed by atoms with Gasteiger partial charge in [-0.25, -0.2) is 9.18 Å². The van der Waals surface area contributed by atoms with Gasteiger partial charge in [0.15, 0.2) is 0 Å².